The Balaban J connectivity index is 2.25. The minimum atomic E-state index is -0.0942. The van der Waals surface area contributed by atoms with Gasteiger partial charge in [-0.2, -0.15) is 0 Å². The van der Waals surface area contributed by atoms with Crippen LogP contribution in [0.2, 0.25) is 0 Å². The number of alkyl halides is 1. The second kappa shape index (κ2) is 5.03. The molecule has 0 radical (unpaired) electrons. The summed E-state index contributed by atoms with van der Waals surface area (Å²) >= 11 is 6.39. The van der Waals surface area contributed by atoms with Gasteiger partial charge in [-0.1, -0.05) is 19.3 Å². The summed E-state index contributed by atoms with van der Waals surface area (Å²) in [5.41, 5.74) is 3.10. The SMILES string of the molecule is Cc1ccc2nc(C(C)Cl)n(C3(C)CCCCC3)c2n1. The molecule has 2 heterocycles. The van der Waals surface area contributed by atoms with Crippen LogP contribution in [0, 0.1) is 6.92 Å². The third-order valence-electron chi connectivity index (χ3n) is 4.50. The third kappa shape index (κ3) is 2.22. The summed E-state index contributed by atoms with van der Waals surface area (Å²) in [4.78, 5) is 9.48. The van der Waals surface area contributed by atoms with Crippen molar-refractivity contribution in [3.63, 3.8) is 0 Å². The van der Waals surface area contributed by atoms with E-state index in [1.165, 1.54) is 32.1 Å². The zero-order valence-corrected chi connectivity index (χ0v) is 13.2. The average Bonchev–Trinajstić information content (AvgIpc) is 2.79. The van der Waals surface area contributed by atoms with E-state index in [0.29, 0.717) is 0 Å². The molecule has 1 fully saturated rings. The first-order valence-electron chi connectivity index (χ1n) is 7.52. The number of rotatable bonds is 2. The van der Waals surface area contributed by atoms with E-state index in [1.54, 1.807) is 0 Å². The predicted molar refractivity (Wildman–Crippen MR) is 83.3 cm³/mol. The molecule has 0 spiro atoms. The maximum absolute atomic E-state index is 6.39. The first-order valence-corrected chi connectivity index (χ1v) is 7.95. The number of fused-ring (bicyclic) bond motifs is 1. The van der Waals surface area contributed by atoms with Gasteiger partial charge < -0.3 is 4.57 Å². The number of halogens is 1. The van der Waals surface area contributed by atoms with Gasteiger partial charge in [-0.25, -0.2) is 9.97 Å². The average molecular weight is 292 g/mol. The zero-order valence-electron chi connectivity index (χ0n) is 12.5. The Morgan fingerprint density at radius 1 is 1.20 bits per heavy atom. The summed E-state index contributed by atoms with van der Waals surface area (Å²) in [5.74, 6) is 0.962. The van der Waals surface area contributed by atoms with Crippen molar-refractivity contribution in [1.29, 1.82) is 0 Å². The van der Waals surface area contributed by atoms with Crippen molar-refractivity contribution in [2.24, 2.45) is 0 Å². The van der Waals surface area contributed by atoms with Crippen molar-refractivity contribution in [3.05, 3.63) is 23.7 Å². The fourth-order valence-electron chi connectivity index (χ4n) is 3.41. The van der Waals surface area contributed by atoms with Crippen LogP contribution in [0.5, 0.6) is 0 Å². The third-order valence-corrected chi connectivity index (χ3v) is 4.69. The summed E-state index contributed by atoms with van der Waals surface area (Å²) in [6, 6.07) is 4.08. The molecular weight excluding hydrogens is 270 g/mol. The first kappa shape index (κ1) is 13.9. The molecule has 1 saturated carbocycles. The summed E-state index contributed by atoms with van der Waals surface area (Å²) in [6.45, 7) is 6.36. The minimum absolute atomic E-state index is 0.0942. The summed E-state index contributed by atoms with van der Waals surface area (Å²) < 4.78 is 2.33. The van der Waals surface area contributed by atoms with E-state index in [9.17, 15) is 0 Å². The highest BCUT2D eigenvalue weighted by atomic mass is 35.5. The smallest absolute Gasteiger partial charge is 0.160 e. The van der Waals surface area contributed by atoms with E-state index in [-0.39, 0.29) is 10.9 Å². The molecule has 0 aromatic carbocycles. The van der Waals surface area contributed by atoms with Crippen molar-refractivity contribution in [3.8, 4) is 0 Å². The second-order valence-electron chi connectivity index (χ2n) is 6.27. The van der Waals surface area contributed by atoms with Crippen LogP contribution in [0.4, 0.5) is 0 Å². The zero-order chi connectivity index (χ0) is 14.3. The van der Waals surface area contributed by atoms with Crippen LogP contribution in [0.15, 0.2) is 12.1 Å². The molecule has 3 rings (SSSR count). The Morgan fingerprint density at radius 2 is 1.90 bits per heavy atom. The van der Waals surface area contributed by atoms with E-state index in [0.717, 1.165) is 22.7 Å². The summed E-state index contributed by atoms with van der Waals surface area (Å²) in [7, 11) is 0. The van der Waals surface area contributed by atoms with E-state index >= 15 is 0 Å². The fraction of sp³-hybridized carbons (Fsp3) is 0.625. The number of hydrogen-bond acceptors (Lipinski definition) is 2. The molecule has 1 unspecified atom stereocenters. The van der Waals surface area contributed by atoms with Crippen LogP contribution in [-0.2, 0) is 5.54 Å². The molecule has 0 aliphatic heterocycles. The molecule has 0 saturated heterocycles. The number of aryl methyl sites for hydroxylation is 1. The van der Waals surface area contributed by atoms with Gasteiger partial charge >= 0.3 is 0 Å². The van der Waals surface area contributed by atoms with Crippen molar-refractivity contribution in [2.45, 2.75) is 63.8 Å². The van der Waals surface area contributed by atoms with Gasteiger partial charge in [0.15, 0.2) is 5.65 Å². The lowest BCUT2D eigenvalue weighted by molar-refractivity contribution is 0.218. The van der Waals surface area contributed by atoms with Crippen molar-refractivity contribution < 1.29 is 0 Å². The van der Waals surface area contributed by atoms with Gasteiger partial charge in [0, 0.05) is 11.2 Å². The van der Waals surface area contributed by atoms with E-state index in [4.69, 9.17) is 21.6 Å². The first-order chi connectivity index (χ1) is 9.51. The Bertz CT molecular complexity index is 624. The summed E-state index contributed by atoms with van der Waals surface area (Å²) in [5, 5.41) is -0.0942. The standard InChI is InChI=1S/C16H22ClN3/c1-11-7-8-13-15(18-11)20(14(19-13)12(2)17)16(3)9-5-4-6-10-16/h7-8,12H,4-6,9-10H2,1-3H3. The Labute approximate surface area is 125 Å². The monoisotopic (exact) mass is 291 g/mol. The highest BCUT2D eigenvalue weighted by Crippen LogP contribution is 2.39. The summed E-state index contributed by atoms with van der Waals surface area (Å²) in [6.07, 6.45) is 6.26. The normalized spacial score (nSPS) is 20.2. The van der Waals surface area contributed by atoms with Gasteiger partial charge in [0.1, 0.15) is 11.3 Å². The molecule has 2 aromatic heterocycles. The quantitative estimate of drug-likeness (QED) is 0.750. The lowest BCUT2D eigenvalue weighted by Crippen LogP contribution is -2.34. The number of pyridine rings is 1. The maximum atomic E-state index is 6.39. The molecule has 1 aliphatic carbocycles. The Kier molecular flexibility index (Phi) is 3.49. The second-order valence-corrected chi connectivity index (χ2v) is 6.93. The van der Waals surface area contributed by atoms with Crippen LogP contribution in [-0.4, -0.2) is 14.5 Å². The highest BCUT2D eigenvalue weighted by molar-refractivity contribution is 6.20. The van der Waals surface area contributed by atoms with Crippen LogP contribution >= 0.6 is 11.6 Å². The van der Waals surface area contributed by atoms with Gasteiger partial charge in [0.2, 0.25) is 0 Å². The molecule has 1 aliphatic rings. The number of aromatic nitrogens is 3. The lowest BCUT2D eigenvalue weighted by atomic mass is 9.83. The molecular formula is C16H22ClN3. The maximum Gasteiger partial charge on any atom is 0.160 e. The van der Waals surface area contributed by atoms with Gasteiger partial charge in [0.05, 0.1) is 5.38 Å². The predicted octanol–water partition coefficient (Wildman–Crippen LogP) is 4.72. The van der Waals surface area contributed by atoms with Gasteiger partial charge in [-0.15, -0.1) is 11.6 Å². The van der Waals surface area contributed by atoms with Crippen molar-refractivity contribution in [1.82, 2.24) is 14.5 Å². The van der Waals surface area contributed by atoms with Crippen LogP contribution in [0.3, 0.4) is 0 Å². The topological polar surface area (TPSA) is 30.7 Å². The molecule has 0 bridgehead atoms. The van der Waals surface area contributed by atoms with Crippen molar-refractivity contribution in [2.75, 3.05) is 0 Å². The Morgan fingerprint density at radius 3 is 2.55 bits per heavy atom. The van der Waals surface area contributed by atoms with E-state index in [2.05, 4.69) is 17.6 Å². The Hall–Kier alpha value is -1.09. The fourth-order valence-corrected chi connectivity index (χ4v) is 3.55. The molecule has 1 atom stereocenters. The number of nitrogens with zero attached hydrogens (tertiary/aromatic N) is 3. The minimum Gasteiger partial charge on any atom is -0.306 e. The molecule has 3 nitrogen and oxygen atoms in total. The van der Waals surface area contributed by atoms with Gasteiger partial charge in [-0.3, -0.25) is 0 Å². The van der Waals surface area contributed by atoms with Gasteiger partial charge in [0.25, 0.3) is 0 Å². The molecule has 0 amide bonds. The molecule has 0 N–H and O–H groups in total. The van der Waals surface area contributed by atoms with Crippen LogP contribution in [0.1, 0.15) is 62.8 Å². The molecule has 2 aromatic rings. The van der Waals surface area contributed by atoms with Crippen molar-refractivity contribution >= 4 is 22.8 Å². The number of hydrogen-bond donors (Lipinski definition) is 0. The largest absolute Gasteiger partial charge is 0.306 e. The van der Waals surface area contributed by atoms with E-state index < -0.39 is 0 Å². The van der Waals surface area contributed by atoms with Crippen LogP contribution in [0.25, 0.3) is 11.2 Å². The molecule has 4 heteroatoms. The molecule has 20 heavy (non-hydrogen) atoms. The molecule has 108 valence electrons. The van der Waals surface area contributed by atoms with Crippen LogP contribution < -0.4 is 0 Å². The highest BCUT2D eigenvalue weighted by Gasteiger charge is 2.33. The lowest BCUT2D eigenvalue weighted by Gasteiger charge is -2.37. The van der Waals surface area contributed by atoms with Gasteiger partial charge in [-0.05, 0) is 45.7 Å². The number of imidazole rings is 1. The van der Waals surface area contributed by atoms with E-state index in [1.807, 2.05) is 19.9 Å².